The van der Waals surface area contributed by atoms with Crippen molar-refractivity contribution in [1.82, 2.24) is 46.5 Å². The number of aromatic nitrogens is 2. The minimum atomic E-state index is -2.02. The molecule has 1 saturated carbocycles. The van der Waals surface area contributed by atoms with E-state index in [0.29, 0.717) is 36.9 Å². The van der Waals surface area contributed by atoms with Crippen molar-refractivity contribution in [2.24, 2.45) is 5.41 Å². The van der Waals surface area contributed by atoms with E-state index in [0.717, 1.165) is 53.8 Å². The number of amides is 7. The SMILES string of the molecule is Cc1ncsc1-c1ccc([C@H](CC(=O)NCCCCCCCC(=O)NCCN(C)C(=O)c2ccc(-c3cc(C(=O)N[C@@H]4CCc5ccccc54)no3)cc2O)NC(=O)[C@@H]2C[C@@H](O)CN2C(=O)[C@@H](NC(=O)C2(F)CC2)C(C)(C)C)cc1. The lowest BCUT2D eigenvalue weighted by atomic mass is 9.85. The molecule has 7 amide bonds. The van der Waals surface area contributed by atoms with Crippen LogP contribution < -0.4 is 26.6 Å². The maximum Gasteiger partial charge on any atom is 0.273 e. The van der Waals surface area contributed by atoms with E-state index in [4.69, 9.17) is 4.52 Å². The van der Waals surface area contributed by atoms with Gasteiger partial charge in [-0.3, -0.25) is 33.6 Å². The van der Waals surface area contributed by atoms with Gasteiger partial charge < -0.3 is 51.1 Å². The highest BCUT2D eigenvalue weighted by Crippen LogP contribution is 2.41. The van der Waals surface area contributed by atoms with Gasteiger partial charge in [-0.1, -0.05) is 99.8 Å². The average molecular weight is 1120 g/mol. The number of likely N-dealkylation sites (tertiary alicyclic amines) is 1. The molecule has 0 unspecified atom stereocenters. The Morgan fingerprint density at radius 3 is 2.33 bits per heavy atom. The molecular formula is C59H72FN9O10S. The maximum atomic E-state index is 14.7. The van der Waals surface area contributed by atoms with Crippen molar-refractivity contribution in [1.29, 1.82) is 0 Å². The number of thiazole rings is 1. The number of likely N-dealkylation sites (N-methyl/N-ethyl adjacent to an activating group) is 1. The van der Waals surface area contributed by atoms with E-state index in [1.807, 2.05) is 49.4 Å². The molecule has 80 heavy (non-hydrogen) atoms. The molecule has 3 aliphatic rings. The lowest BCUT2D eigenvalue weighted by Gasteiger charge is -2.36. The number of β-amino-alcohol motifs (C(OH)–C–C–N with tert-alkyl or cyclic N) is 1. The Morgan fingerprint density at radius 1 is 0.900 bits per heavy atom. The molecule has 1 saturated heterocycles. The summed E-state index contributed by atoms with van der Waals surface area (Å²) in [6.07, 6.45) is 4.63. The molecule has 2 fully saturated rings. The fourth-order valence-electron chi connectivity index (χ4n) is 10.2. The van der Waals surface area contributed by atoms with Crippen molar-refractivity contribution in [3.63, 3.8) is 0 Å². The van der Waals surface area contributed by atoms with Crippen LogP contribution in [0, 0.1) is 12.3 Å². The molecule has 0 spiro atoms. The van der Waals surface area contributed by atoms with Crippen molar-refractivity contribution in [2.75, 3.05) is 33.2 Å². The van der Waals surface area contributed by atoms with Gasteiger partial charge in [-0.2, -0.15) is 0 Å². The summed E-state index contributed by atoms with van der Waals surface area (Å²) in [5.41, 5.74) is 4.22. The molecular weight excluding hydrogens is 1050 g/mol. The van der Waals surface area contributed by atoms with Gasteiger partial charge in [0.25, 0.3) is 17.7 Å². The molecule has 21 heteroatoms. The van der Waals surface area contributed by atoms with Gasteiger partial charge in [0.15, 0.2) is 17.1 Å². The highest BCUT2D eigenvalue weighted by atomic mass is 32.1. The number of alkyl halides is 1. The number of hydrogen-bond acceptors (Lipinski definition) is 13. The summed E-state index contributed by atoms with van der Waals surface area (Å²) in [5.74, 6) is -3.37. The van der Waals surface area contributed by atoms with Crippen molar-refractivity contribution in [3.8, 4) is 27.5 Å². The Labute approximate surface area is 468 Å². The van der Waals surface area contributed by atoms with Crippen molar-refractivity contribution < 1.29 is 52.7 Å². The molecule has 3 aromatic carbocycles. The van der Waals surface area contributed by atoms with E-state index in [1.54, 1.807) is 39.4 Å². The Balaban J connectivity index is 0.744. The zero-order valence-corrected chi connectivity index (χ0v) is 46.8. The van der Waals surface area contributed by atoms with Gasteiger partial charge in [-0.05, 0) is 85.3 Å². The summed E-state index contributed by atoms with van der Waals surface area (Å²) >= 11 is 1.50. The molecule has 5 atom stereocenters. The van der Waals surface area contributed by atoms with Gasteiger partial charge in [-0.25, -0.2) is 9.37 Å². The molecule has 8 rings (SSSR count). The number of aliphatic hydroxyl groups is 1. The number of aromatic hydroxyl groups is 1. The number of halogens is 1. The molecule has 19 nitrogen and oxygen atoms in total. The summed E-state index contributed by atoms with van der Waals surface area (Å²) < 4.78 is 20.2. The fraction of sp³-hybridized carbons (Fsp3) is 0.475. The topological polar surface area (TPSA) is 265 Å². The van der Waals surface area contributed by atoms with Crippen LogP contribution in [-0.2, 0) is 30.4 Å². The minimum absolute atomic E-state index is 0.0600. The third-order valence-corrected chi connectivity index (χ3v) is 16.1. The second-order valence-corrected chi connectivity index (χ2v) is 23.2. The van der Waals surface area contributed by atoms with Crippen LogP contribution in [-0.4, -0.2) is 129 Å². The van der Waals surface area contributed by atoms with Gasteiger partial charge in [0.05, 0.1) is 46.3 Å². The number of carbonyl (C=O) groups excluding carboxylic acids is 7. The number of rotatable bonds is 24. The first-order valence-corrected chi connectivity index (χ1v) is 28.3. The van der Waals surface area contributed by atoms with Gasteiger partial charge in [0.2, 0.25) is 23.6 Å². The number of nitrogens with one attached hydrogen (secondary N) is 5. The van der Waals surface area contributed by atoms with Gasteiger partial charge >= 0.3 is 0 Å². The predicted octanol–water partition coefficient (Wildman–Crippen LogP) is 6.78. The van der Waals surface area contributed by atoms with Gasteiger partial charge in [0, 0.05) is 57.7 Å². The van der Waals surface area contributed by atoms with Gasteiger partial charge in [-0.15, -0.1) is 11.3 Å². The summed E-state index contributed by atoms with van der Waals surface area (Å²) in [5, 5.41) is 39.9. The smallest absolute Gasteiger partial charge is 0.273 e. The van der Waals surface area contributed by atoms with E-state index in [1.165, 1.54) is 44.9 Å². The van der Waals surface area contributed by atoms with Crippen LogP contribution in [0.2, 0.25) is 0 Å². The fourth-order valence-corrected chi connectivity index (χ4v) is 11.0. The summed E-state index contributed by atoms with van der Waals surface area (Å²) in [7, 11) is 1.57. The Hall–Kier alpha value is -7.52. The molecule has 1 aliphatic heterocycles. The summed E-state index contributed by atoms with van der Waals surface area (Å²) in [4.78, 5) is 101. The number of phenolic OH excluding ortho intramolecular Hbond substituents is 1. The van der Waals surface area contributed by atoms with Crippen molar-refractivity contribution in [2.45, 2.75) is 141 Å². The Morgan fingerprint density at radius 2 is 1.61 bits per heavy atom. The Kier molecular flexibility index (Phi) is 18.9. The first-order valence-electron chi connectivity index (χ1n) is 27.5. The number of benzene rings is 3. The van der Waals surface area contributed by atoms with Crippen LogP contribution in [0.3, 0.4) is 0 Å². The molecule has 7 N–H and O–H groups in total. The third kappa shape index (κ3) is 14.6. The number of fused-ring (bicyclic) bond motifs is 1. The third-order valence-electron chi connectivity index (χ3n) is 15.1. The number of unbranched alkanes of at least 4 members (excludes halogenated alkanes) is 4. The molecule has 2 aromatic heterocycles. The molecule has 0 radical (unpaired) electrons. The van der Waals surface area contributed by atoms with Crippen LogP contribution in [0.5, 0.6) is 5.75 Å². The summed E-state index contributed by atoms with van der Waals surface area (Å²) in [6.45, 7) is 7.74. The lowest BCUT2D eigenvalue weighted by molar-refractivity contribution is -0.145. The van der Waals surface area contributed by atoms with E-state index in [2.05, 4.69) is 42.8 Å². The first-order chi connectivity index (χ1) is 38.2. The van der Waals surface area contributed by atoms with Crippen molar-refractivity contribution >= 4 is 52.7 Å². The van der Waals surface area contributed by atoms with Crippen molar-refractivity contribution in [3.05, 3.63) is 112 Å². The lowest BCUT2D eigenvalue weighted by Crippen LogP contribution is -2.59. The molecule has 5 aromatic rings. The van der Waals surface area contributed by atoms with E-state index in [-0.39, 0.29) is 91.8 Å². The van der Waals surface area contributed by atoms with E-state index >= 15 is 0 Å². The minimum Gasteiger partial charge on any atom is -0.507 e. The molecule has 2 aliphatic carbocycles. The number of phenols is 1. The zero-order chi connectivity index (χ0) is 57.3. The quantitative estimate of drug-likeness (QED) is 0.0315. The van der Waals surface area contributed by atoms with Gasteiger partial charge in [0.1, 0.15) is 17.8 Å². The highest BCUT2D eigenvalue weighted by molar-refractivity contribution is 7.13. The number of hydrogen-bond donors (Lipinski definition) is 7. The largest absolute Gasteiger partial charge is 0.507 e. The second kappa shape index (κ2) is 25.7. The maximum absolute atomic E-state index is 14.7. The van der Waals surface area contributed by atoms with Crippen LogP contribution >= 0.6 is 11.3 Å². The second-order valence-electron chi connectivity index (χ2n) is 22.3. The Bertz CT molecular complexity index is 3060. The van der Waals surface area contributed by atoms with E-state index < -0.39 is 58.9 Å². The average Bonchev–Trinajstić information content (AvgIpc) is 3.93. The van der Waals surface area contributed by atoms with Crippen LogP contribution in [0.25, 0.3) is 21.8 Å². The number of carbonyl (C=O) groups is 7. The zero-order valence-electron chi connectivity index (χ0n) is 45.9. The van der Waals surface area contributed by atoms with E-state index in [9.17, 15) is 48.2 Å². The summed E-state index contributed by atoms with van der Waals surface area (Å²) in [6, 6.07) is 18.2. The normalized spacial score (nSPS) is 17.9. The molecule has 3 heterocycles. The number of aryl methyl sites for hydroxylation is 2. The van der Waals surface area contributed by atoms with Crippen LogP contribution in [0.15, 0.2) is 82.8 Å². The van der Waals surface area contributed by atoms with Crippen LogP contribution in [0.1, 0.15) is 147 Å². The monoisotopic (exact) mass is 1120 g/mol. The number of aliphatic hydroxyl groups excluding tert-OH is 1. The number of nitrogens with zero attached hydrogens (tertiary/aromatic N) is 4. The highest BCUT2D eigenvalue weighted by Gasteiger charge is 2.53. The first kappa shape index (κ1) is 58.6. The predicted molar refractivity (Wildman–Crippen MR) is 298 cm³/mol. The van der Waals surface area contributed by atoms with Crippen LogP contribution in [0.4, 0.5) is 4.39 Å². The standard InChI is InChI=1S/C59H72FN9O10S/c1-35-51(80-34-63-35)38-18-16-37(17-19-38)44(65-54(75)46-30-40(70)33-69(46)56(77)52(58(2,3)4)66-57(78)59(60)24-25-59)32-50(73)61-26-12-8-6-7-9-15-49(72)62-27-28-68(5)55(76)42-22-20-39(29-47(42)71)48-31-45(67-79-48)53(74)64-43-23-21-36-13-10-11-14-41(36)43/h10-11,13-14,16-20,22,29,31,34,40,43-44,46,52,70-71H,6-9,12,15,21,23-28,30,32-33H2,1-5H3,(H,61,73)(H,62,72)(H,64,74)(H,65,75)(H,66,78)/t40-,43-,44+,46+,52-/m1/s1. The molecule has 426 valence electrons. The molecule has 0 bridgehead atoms.